The molecule has 0 bridgehead atoms. The first-order valence-corrected chi connectivity index (χ1v) is 16.7. The zero-order valence-corrected chi connectivity index (χ0v) is 26.1. The lowest BCUT2D eigenvalue weighted by atomic mass is 9.94. The van der Waals surface area contributed by atoms with Crippen molar-refractivity contribution in [1.82, 2.24) is 10.2 Å². The summed E-state index contributed by atoms with van der Waals surface area (Å²) in [4.78, 5) is 29.8. The second-order valence-electron chi connectivity index (χ2n) is 11.3. The molecule has 0 aliphatic heterocycles. The van der Waals surface area contributed by atoms with Crippen LogP contribution < -0.4 is 9.62 Å². The molecule has 1 aliphatic carbocycles. The van der Waals surface area contributed by atoms with Crippen LogP contribution in [0.15, 0.2) is 72.8 Å². The van der Waals surface area contributed by atoms with Gasteiger partial charge in [-0.25, -0.2) is 8.42 Å². The highest BCUT2D eigenvalue weighted by Gasteiger charge is 2.34. The van der Waals surface area contributed by atoms with Gasteiger partial charge in [0.2, 0.25) is 21.8 Å². The Morgan fingerprint density at radius 3 is 2.24 bits per heavy atom. The van der Waals surface area contributed by atoms with Gasteiger partial charge in [0, 0.05) is 24.0 Å². The van der Waals surface area contributed by atoms with Crippen LogP contribution in [0.5, 0.6) is 0 Å². The van der Waals surface area contributed by atoms with Crippen molar-refractivity contribution in [2.24, 2.45) is 0 Å². The molecule has 0 heterocycles. The van der Waals surface area contributed by atoms with E-state index in [1.54, 1.807) is 18.2 Å². The fourth-order valence-electron chi connectivity index (χ4n) is 5.47. The molecule has 2 amide bonds. The van der Waals surface area contributed by atoms with E-state index in [0.717, 1.165) is 64.9 Å². The largest absolute Gasteiger partial charge is 0.352 e. The van der Waals surface area contributed by atoms with Gasteiger partial charge in [-0.15, -0.1) is 0 Å². The third kappa shape index (κ3) is 8.58. The topological polar surface area (TPSA) is 86.8 Å². The highest BCUT2D eigenvalue weighted by molar-refractivity contribution is 7.92. The van der Waals surface area contributed by atoms with Gasteiger partial charge in [0.15, 0.2) is 0 Å². The smallest absolute Gasteiger partial charge is 0.244 e. The minimum Gasteiger partial charge on any atom is -0.352 e. The molecule has 1 fully saturated rings. The van der Waals surface area contributed by atoms with Crippen molar-refractivity contribution in [1.29, 1.82) is 0 Å². The van der Waals surface area contributed by atoms with Gasteiger partial charge in [-0.1, -0.05) is 85.5 Å². The van der Waals surface area contributed by atoms with Crippen molar-refractivity contribution >= 4 is 39.1 Å². The Balaban J connectivity index is 1.73. The number of nitrogens with one attached hydrogen (secondary N) is 1. The van der Waals surface area contributed by atoms with Gasteiger partial charge in [0.25, 0.3) is 0 Å². The lowest BCUT2D eigenvalue weighted by molar-refractivity contribution is -0.140. The normalized spacial score (nSPS) is 14.7. The number of carbonyl (C=O) groups excluding carboxylic acids is 2. The molecule has 0 saturated heterocycles. The zero-order chi connectivity index (χ0) is 30.3. The van der Waals surface area contributed by atoms with Crippen LogP contribution in [-0.4, -0.2) is 50.0 Å². The standard InChI is InChI=1S/C33H40ClN3O4S/c1-24-14-15-25(2)30(20-24)37(42(3,40)41)23-32(38)36(22-27-16-18-28(34)19-17-27)31(21-26-10-6-4-7-11-26)33(39)35-29-12-8-5-9-13-29/h4,6-7,10-11,14-20,29,31H,5,8-9,12-13,21-23H2,1-3H3,(H,35,39). The van der Waals surface area contributed by atoms with E-state index in [1.165, 1.54) is 4.90 Å². The lowest BCUT2D eigenvalue weighted by Gasteiger charge is -2.35. The van der Waals surface area contributed by atoms with Crippen LogP contribution in [0.4, 0.5) is 5.69 Å². The third-order valence-corrected chi connectivity index (χ3v) is 9.18. The Bertz CT molecular complexity index is 1470. The molecular weight excluding hydrogens is 570 g/mol. The van der Waals surface area contributed by atoms with Gasteiger partial charge in [-0.3, -0.25) is 13.9 Å². The number of aryl methyl sites for hydroxylation is 2. The van der Waals surface area contributed by atoms with E-state index in [4.69, 9.17) is 11.6 Å². The number of rotatable bonds is 11. The molecule has 0 radical (unpaired) electrons. The van der Waals surface area contributed by atoms with Gasteiger partial charge in [0.1, 0.15) is 12.6 Å². The summed E-state index contributed by atoms with van der Waals surface area (Å²) in [6.07, 6.45) is 6.47. The molecule has 0 aromatic heterocycles. The summed E-state index contributed by atoms with van der Waals surface area (Å²) in [7, 11) is -3.82. The summed E-state index contributed by atoms with van der Waals surface area (Å²) in [6.45, 7) is 3.39. The number of benzene rings is 3. The Hall–Kier alpha value is -3.36. The maximum Gasteiger partial charge on any atom is 0.244 e. The summed E-state index contributed by atoms with van der Waals surface area (Å²) in [5.41, 5.74) is 3.75. The molecule has 9 heteroatoms. The minimum absolute atomic E-state index is 0.0551. The molecule has 1 saturated carbocycles. The number of carbonyl (C=O) groups is 2. The van der Waals surface area contributed by atoms with Gasteiger partial charge in [-0.2, -0.15) is 0 Å². The highest BCUT2D eigenvalue weighted by Crippen LogP contribution is 2.26. The van der Waals surface area contributed by atoms with E-state index >= 15 is 0 Å². The van der Waals surface area contributed by atoms with Crippen LogP contribution in [0.2, 0.25) is 5.02 Å². The minimum atomic E-state index is -3.82. The monoisotopic (exact) mass is 609 g/mol. The number of sulfonamides is 1. The predicted octanol–water partition coefficient (Wildman–Crippen LogP) is 5.81. The van der Waals surface area contributed by atoms with Crippen LogP contribution >= 0.6 is 11.6 Å². The van der Waals surface area contributed by atoms with Crippen molar-refractivity contribution in [2.75, 3.05) is 17.1 Å². The quantitative estimate of drug-likeness (QED) is 0.297. The van der Waals surface area contributed by atoms with E-state index in [-0.39, 0.29) is 18.5 Å². The molecule has 0 spiro atoms. The van der Waals surface area contributed by atoms with E-state index in [9.17, 15) is 18.0 Å². The molecule has 7 nitrogen and oxygen atoms in total. The van der Waals surface area contributed by atoms with Crippen molar-refractivity contribution in [3.8, 4) is 0 Å². The molecule has 3 aromatic rings. The second kappa shape index (κ2) is 14.2. The first-order valence-electron chi connectivity index (χ1n) is 14.4. The molecule has 42 heavy (non-hydrogen) atoms. The number of halogens is 1. The zero-order valence-electron chi connectivity index (χ0n) is 24.6. The van der Waals surface area contributed by atoms with Crippen molar-refractivity contribution < 1.29 is 18.0 Å². The fourth-order valence-corrected chi connectivity index (χ4v) is 6.49. The Morgan fingerprint density at radius 1 is 0.929 bits per heavy atom. The number of anilines is 1. The number of nitrogens with zero attached hydrogens (tertiary/aromatic N) is 2. The SMILES string of the molecule is Cc1ccc(C)c(N(CC(=O)N(Cc2ccc(Cl)cc2)C(Cc2ccccc2)C(=O)NC2CCCCC2)S(C)(=O)=O)c1. The van der Waals surface area contributed by atoms with E-state index in [1.807, 2.05) is 68.4 Å². The first-order chi connectivity index (χ1) is 20.0. The molecule has 224 valence electrons. The highest BCUT2D eigenvalue weighted by atomic mass is 35.5. The van der Waals surface area contributed by atoms with E-state index in [0.29, 0.717) is 17.1 Å². The number of amides is 2. The summed E-state index contributed by atoms with van der Waals surface area (Å²) in [6, 6.07) is 21.4. The first kappa shape index (κ1) is 31.6. The fraction of sp³-hybridized carbons (Fsp3) is 0.394. The van der Waals surface area contributed by atoms with Crippen molar-refractivity contribution in [3.63, 3.8) is 0 Å². The predicted molar refractivity (Wildman–Crippen MR) is 169 cm³/mol. The van der Waals surface area contributed by atoms with Crippen molar-refractivity contribution in [2.45, 2.75) is 71.0 Å². The maximum absolute atomic E-state index is 14.3. The van der Waals surface area contributed by atoms with Crippen molar-refractivity contribution in [3.05, 3.63) is 100 Å². The average Bonchev–Trinajstić information content (AvgIpc) is 2.96. The second-order valence-corrected chi connectivity index (χ2v) is 13.6. The van der Waals surface area contributed by atoms with Gasteiger partial charge >= 0.3 is 0 Å². The summed E-state index contributed by atoms with van der Waals surface area (Å²) >= 11 is 6.14. The number of hydrogen-bond acceptors (Lipinski definition) is 4. The van der Waals surface area contributed by atoms with Crippen LogP contribution in [0.1, 0.15) is 54.4 Å². The summed E-state index contributed by atoms with van der Waals surface area (Å²) in [5, 5.41) is 3.78. The van der Waals surface area contributed by atoms with Crippen LogP contribution in [0.3, 0.4) is 0 Å². The Kier molecular flexibility index (Phi) is 10.7. The molecule has 1 atom stereocenters. The third-order valence-electron chi connectivity index (χ3n) is 7.80. The van der Waals surface area contributed by atoms with Crippen LogP contribution in [0.25, 0.3) is 0 Å². The van der Waals surface area contributed by atoms with E-state index in [2.05, 4.69) is 5.32 Å². The van der Waals surface area contributed by atoms with Crippen LogP contribution in [0, 0.1) is 13.8 Å². The molecule has 1 aliphatic rings. The van der Waals surface area contributed by atoms with Gasteiger partial charge in [-0.05, 0) is 67.1 Å². The lowest BCUT2D eigenvalue weighted by Crippen LogP contribution is -2.55. The van der Waals surface area contributed by atoms with Gasteiger partial charge < -0.3 is 10.2 Å². The summed E-state index contributed by atoms with van der Waals surface area (Å²) in [5.74, 6) is -0.693. The molecule has 1 N–H and O–H groups in total. The van der Waals surface area contributed by atoms with E-state index < -0.39 is 28.5 Å². The number of hydrogen-bond donors (Lipinski definition) is 1. The maximum atomic E-state index is 14.3. The summed E-state index contributed by atoms with van der Waals surface area (Å²) < 4.78 is 27.3. The molecular formula is C33H40ClN3O4S. The van der Waals surface area contributed by atoms with Crippen LogP contribution in [-0.2, 0) is 32.6 Å². The Labute approximate surface area is 254 Å². The molecule has 4 rings (SSSR count). The molecule has 3 aromatic carbocycles. The van der Waals surface area contributed by atoms with Gasteiger partial charge in [0.05, 0.1) is 11.9 Å². The molecule has 1 unspecified atom stereocenters. The average molecular weight is 610 g/mol. The Morgan fingerprint density at radius 2 is 1.60 bits per heavy atom.